The number of thioether (sulfide) groups is 3. The number of carbonyl (C=O) groups excluding carboxylic acids is 3. The number of fused-ring (bicyclic) bond motifs is 1. The molecule has 0 aromatic carbocycles. The monoisotopic (exact) mass is 639 g/mol. The van der Waals surface area contributed by atoms with Crippen LogP contribution in [0.15, 0.2) is 16.4 Å². The van der Waals surface area contributed by atoms with E-state index in [1.165, 1.54) is 11.8 Å². The number of H-pyrrole nitrogens is 1. The third-order valence-electron chi connectivity index (χ3n) is 6.38. The van der Waals surface area contributed by atoms with Crippen LogP contribution in [-0.4, -0.2) is 106 Å². The van der Waals surface area contributed by atoms with E-state index >= 15 is 0 Å². The Morgan fingerprint density at radius 3 is 2.49 bits per heavy atom. The highest BCUT2D eigenvalue weighted by Crippen LogP contribution is 2.44. The summed E-state index contributed by atoms with van der Waals surface area (Å²) in [4.78, 5) is 53.4. The fraction of sp³-hybridized carbons (Fsp3) is 0.696. The molecule has 3 heterocycles. The van der Waals surface area contributed by atoms with Crippen LogP contribution in [-0.2, 0) is 19.2 Å². The third kappa shape index (κ3) is 9.01. The van der Waals surface area contributed by atoms with Crippen LogP contribution in [0.25, 0.3) is 0 Å². The quantitative estimate of drug-likeness (QED) is 0.180. The molecule has 1 aromatic heterocycles. The van der Waals surface area contributed by atoms with E-state index in [0.29, 0.717) is 18.7 Å². The molecule has 3 rings (SSSR count). The van der Waals surface area contributed by atoms with Crippen molar-refractivity contribution in [1.29, 1.82) is 0 Å². The fourth-order valence-electron chi connectivity index (χ4n) is 4.36. The molecule has 0 aliphatic carbocycles. The Kier molecular flexibility index (Phi) is 12.2. The molecule has 3 amide bonds. The van der Waals surface area contributed by atoms with Gasteiger partial charge in [-0.25, -0.2) is 4.79 Å². The second kappa shape index (κ2) is 15.1. The van der Waals surface area contributed by atoms with Crippen molar-refractivity contribution in [2.75, 3.05) is 24.6 Å². The first kappa shape index (κ1) is 33.0. The number of aliphatic carboxylic acids is 1. The number of tetrazole rings is 1. The van der Waals surface area contributed by atoms with Gasteiger partial charge in [0.15, 0.2) is 0 Å². The summed E-state index contributed by atoms with van der Waals surface area (Å²) in [5.74, 6) is -3.89. The lowest BCUT2D eigenvalue weighted by Crippen LogP contribution is -2.71. The third-order valence-corrected chi connectivity index (χ3v) is 9.61. The van der Waals surface area contributed by atoms with Gasteiger partial charge < -0.3 is 15.3 Å². The highest BCUT2D eigenvalue weighted by Gasteiger charge is 2.55. The Balaban J connectivity index is 1.79. The fourth-order valence-corrected chi connectivity index (χ4v) is 7.27. The SMILES string of the molecule is CCCCN(CCCC)C(=O)CCC(Sc1nn[nH]n1)C1=C(C(=O)O)N2C(=O)C(NC(=O)CSC(F)(F)F)[C@@H]2SC1. The van der Waals surface area contributed by atoms with Crippen molar-refractivity contribution in [3.8, 4) is 0 Å². The van der Waals surface area contributed by atoms with E-state index in [9.17, 15) is 37.5 Å². The number of hydrogen-bond acceptors (Lipinski definition) is 10. The average molecular weight is 640 g/mol. The van der Waals surface area contributed by atoms with E-state index in [-0.39, 0.29) is 35.4 Å². The molecule has 1 aromatic rings. The number of nitrogens with one attached hydrogen (secondary N) is 2. The zero-order valence-corrected chi connectivity index (χ0v) is 24.9. The van der Waals surface area contributed by atoms with E-state index in [2.05, 4.69) is 25.9 Å². The molecule has 1 fully saturated rings. The van der Waals surface area contributed by atoms with Crippen LogP contribution in [0.5, 0.6) is 0 Å². The lowest BCUT2D eigenvalue weighted by atomic mass is 9.99. The Labute approximate surface area is 247 Å². The van der Waals surface area contributed by atoms with Gasteiger partial charge in [-0.1, -0.05) is 38.5 Å². The number of aromatic nitrogens is 4. The second-order valence-corrected chi connectivity index (χ2v) is 12.6. The number of halogens is 3. The molecule has 1 saturated heterocycles. The number of rotatable bonds is 16. The van der Waals surface area contributed by atoms with Crippen molar-refractivity contribution in [2.24, 2.45) is 0 Å². The van der Waals surface area contributed by atoms with Crippen LogP contribution >= 0.6 is 35.3 Å². The molecule has 3 atom stereocenters. The maximum absolute atomic E-state index is 13.2. The molecular formula is C23H32F3N7O5S3. The summed E-state index contributed by atoms with van der Waals surface area (Å²) in [7, 11) is 0. The molecule has 0 radical (unpaired) electrons. The van der Waals surface area contributed by atoms with Crippen LogP contribution in [0.2, 0.25) is 0 Å². The van der Waals surface area contributed by atoms with Gasteiger partial charge in [0, 0.05) is 30.5 Å². The lowest BCUT2D eigenvalue weighted by Gasteiger charge is -2.50. The Bertz CT molecular complexity index is 1110. The highest BCUT2D eigenvalue weighted by molar-refractivity contribution is 8.01. The van der Waals surface area contributed by atoms with Gasteiger partial charge >= 0.3 is 11.5 Å². The van der Waals surface area contributed by atoms with Crippen LogP contribution in [0.3, 0.4) is 0 Å². The summed E-state index contributed by atoms with van der Waals surface area (Å²) < 4.78 is 37.3. The number of aromatic amines is 1. The van der Waals surface area contributed by atoms with Crippen molar-refractivity contribution >= 4 is 59.0 Å². The minimum Gasteiger partial charge on any atom is -0.477 e. The Morgan fingerprint density at radius 1 is 1.24 bits per heavy atom. The Hall–Kier alpha value is -2.47. The summed E-state index contributed by atoms with van der Waals surface area (Å²) in [5, 5.41) is 25.0. The maximum atomic E-state index is 13.2. The molecule has 0 spiro atoms. The second-order valence-electron chi connectivity index (χ2n) is 9.30. The highest BCUT2D eigenvalue weighted by atomic mass is 32.2. The number of carboxylic acid groups (broad SMARTS) is 1. The van der Waals surface area contributed by atoms with Crippen molar-refractivity contribution in [2.45, 2.75) is 79.7 Å². The normalized spacial score (nSPS) is 19.4. The average Bonchev–Trinajstić information content (AvgIpc) is 3.44. The van der Waals surface area contributed by atoms with Gasteiger partial charge in [-0.15, -0.1) is 22.0 Å². The molecule has 41 heavy (non-hydrogen) atoms. The van der Waals surface area contributed by atoms with E-state index in [4.69, 9.17) is 0 Å². The zero-order chi connectivity index (χ0) is 30.2. The first-order valence-corrected chi connectivity index (χ1v) is 16.0. The zero-order valence-electron chi connectivity index (χ0n) is 22.5. The molecule has 2 aliphatic heterocycles. The molecular weight excluding hydrogens is 607 g/mol. The molecule has 2 unspecified atom stereocenters. The van der Waals surface area contributed by atoms with E-state index in [0.717, 1.165) is 42.3 Å². The summed E-state index contributed by atoms with van der Waals surface area (Å²) in [6.45, 7) is 5.36. The van der Waals surface area contributed by atoms with Gasteiger partial charge in [0.2, 0.25) is 17.0 Å². The molecule has 12 nitrogen and oxygen atoms in total. The summed E-state index contributed by atoms with van der Waals surface area (Å²) >= 11 is 1.79. The van der Waals surface area contributed by atoms with Gasteiger partial charge in [-0.3, -0.25) is 19.3 Å². The number of amides is 3. The summed E-state index contributed by atoms with van der Waals surface area (Å²) in [6, 6.07) is -1.15. The van der Waals surface area contributed by atoms with E-state index in [1.54, 1.807) is 0 Å². The van der Waals surface area contributed by atoms with Crippen molar-refractivity contribution < 1.29 is 37.5 Å². The smallest absolute Gasteiger partial charge is 0.442 e. The van der Waals surface area contributed by atoms with Gasteiger partial charge in [0.1, 0.15) is 17.1 Å². The largest absolute Gasteiger partial charge is 0.477 e. The van der Waals surface area contributed by atoms with Crippen molar-refractivity contribution in [3.63, 3.8) is 0 Å². The molecule has 228 valence electrons. The van der Waals surface area contributed by atoms with E-state index in [1.807, 2.05) is 18.7 Å². The van der Waals surface area contributed by atoms with Gasteiger partial charge in [0.05, 0.1) is 5.75 Å². The van der Waals surface area contributed by atoms with Crippen LogP contribution < -0.4 is 5.32 Å². The maximum Gasteiger partial charge on any atom is 0.442 e. The predicted octanol–water partition coefficient (Wildman–Crippen LogP) is 2.86. The standard InChI is InChI=1S/C23H32F3N7O5S3/c1-3-5-9-32(10-6-4-2)16(35)8-7-14(41-22-28-30-31-29-22)13-11-39-20-17(19(36)33(20)18(13)21(37)38)27-15(34)12-40-23(24,25)26/h14,17,20H,3-12H2,1-2H3,(H,27,34)(H,37,38)(H,28,29,30,31)/t14?,17?,20-/m0/s1. The number of nitrogens with zero attached hydrogens (tertiary/aromatic N) is 5. The van der Waals surface area contributed by atoms with E-state index < -0.39 is 57.5 Å². The minimum absolute atomic E-state index is 0.0519. The van der Waals surface area contributed by atoms with Gasteiger partial charge in [-0.05, 0) is 41.8 Å². The summed E-state index contributed by atoms with van der Waals surface area (Å²) in [5.41, 5.74) is -4.48. The lowest BCUT2D eigenvalue weighted by molar-refractivity contribution is -0.150. The van der Waals surface area contributed by atoms with Crippen LogP contribution in [0.1, 0.15) is 52.4 Å². The number of hydrogen-bond donors (Lipinski definition) is 3. The van der Waals surface area contributed by atoms with Crippen molar-refractivity contribution in [3.05, 3.63) is 11.3 Å². The number of alkyl halides is 3. The number of unbranched alkanes of at least 4 members (excludes halogenated alkanes) is 2. The molecule has 2 aliphatic rings. The minimum atomic E-state index is -4.60. The van der Waals surface area contributed by atoms with Gasteiger partial charge in [-0.2, -0.15) is 18.4 Å². The summed E-state index contributed by atoms with van der Waals surface area (Å²) in [6.07, 6.45) is 3.99. The van der Waals surface area contributed by atoms with Crippen LogP contribution in [0.4, 0.5) is 13.2 Å². The predicted molar refractivity (Wildman–Crippen MR) is 148 cm³/mol. The number of carbonyl (C=O) groups is 4. The number of β-lactam (4-membered cyclic amide) rings is 1. The Morgan fingerprint density at radius 2 is 1.93 bits per heavy atom. The molecule has 18 heteroatoms. The van der Waals surface area contributed by atoms with Crippen LogP contribution in [0, 0.1) is 0 Å². The van der Waals surface area contributed by atoms with Gasteiger partial charge in [0.25, 0.3) is 5.91 Å². The first-order valence-electron chi connectivity index (χ1n) is 13.1. The molecule has 0 saturated carbocycles. The first-order chi connectivity index (χ1) is 19.5. The molecule has 0 bridgehead atoms. The number of carboxylic acids is 1. The molecule has 3 N–H and O–H groups in total. The topological polar surface area (TPSA) is 161 Å². The van der Waals surface area contributed by atoms with Crippen molar-refractivity contribution in [1.82, 2.24) is 35.7 Å².